The van der Waals surface area contributed by atoms with Crippen LogP contribution in [0.1, 0.15) is 27.8 Å². The third-order valence-corrected chi connectivity index (χ3v) is 12.0. The SMILES string of the molecule is Nc1ccc2c(c1)Cc1cccc(-c3cc(N4CCOCC4)cc(=O)[nH]3)c1O2.O=c1cc(N2CCOCC2)cc(-c2cccc3c2Oc2ccc(NCCc4cccnc4)cc2C3)[nH]1. The van der Waals surface area contributed by atoms with Crippen molar-refractivity contribution in [3.05, 3.63) is 170 Å². The van der Waals surface area contributed by atoms with Crippen LogP contribution in [0.15, 0.2) is 131 Å². The number of nitrogen functional groups attached to an aromatic ring is 1. The van der Waals surface area contributed by atoms with Crippen LogP contribution in [0.2, 0.25) is 0 Å². The Morgan fingerprint density at radius 2 is 1.17 bits per heavy atom. The molecule has 64 heavy (non-hydrogen) atoms. The summed E-state index contributed by atoms with van der Waals surface area (Å²) in [5.74, 6) is 3.24. The zero-order valence-corrected chi connectivity index (χ0v) is 35.4. The van der Waals surface area contributed by atoms with Crippen LogP contribution in [-0.2, 0) is 28.7 Å². The molecule has 13 nitrogen and oxygen atoms in total. The van der Waals surface area contributed by atoms with E-state index in [0.29, 0.717) is 26.4 Å². The second-order valence-electron chi connectivity index (χ2n) is 16.3. The number of fused-ring (bicyclic) bond motifs is 4. The van der Waals surface area contributed by atoms with Gasteiger partial charge in [0.2, 0.25) is 11.1 Å². The Kier molecular flexibility index (Phi) is 11.6. The summed E-state index contributed by atoms with van der Waals surface area (Å²) in [5.41, 5.74) is 18.2. The fraction of sp³-hybridized carbons (Fsp3) is 0.235. The number of rotatable bonds is 8. The van der Waals surface area contributed by atoms with Gasteiger partial charge in [0.25, 0.3) is 0 Å². The van der Waals surface area contributed by atoms with Gasteiger partial charge < -0.3 is 49.8 Å². The summed E-state index contributed by atoms with van der Waals surface area (Å²) in [6.45, 7) is 6.63. The second-order valence-corrected chi connectivity index (χ2v) is 16.3. The second kappa shape index (κ2) is 18.2. The number of pyridine rings is 3. The highest BCUT2D eigenvalue weighted by molar-refractivity contribution is 5.76. The maximum absolute atomic E-state index is 12.5. The molecule has 13 heteroatoms. The van der Waals surface area contributed by atoms with Gasteiger partial charge in [0.1, 0.15) is 23.0 Å². The van der Waals surface area contributed by atoms with Crippen molar-refractivity contribution >= 4 is 22.7 Å². The maximum atomic E-state index is 12.5. The molecule has 0 unspecified atom stereocenters. The normalized spacial score (nSPS) is 14.9. The van der Waals surface area contributed by atoms with Gasteiger partial charge in [-0.15, -0.1) is 0 Å². The Labute approximate surface area is 370 Å². The molecule has 3 aromatic heterocycles. The minimum atomic E-state index is -0.124. The van der Waals surface area contributed by atoms with E-state index in [2.05, 4.69) is 60.4 Å². The van der Waals surface area contributed by atoms with Crippen LogP contribution in [0.25, 0.3) is 22.5 Å². The molecular formula is C51H49N7O6. The number of ether oxygens (including phenoxy) is 4. The van der Waals surface area contributed by atoms with Crippen molar-refractivity contribution in [2.75, 3.05) is 80.0 Å². The average Bonchev–Trinajstić information content (AvgIpc) is 3.33. The Balaban J connectivity index is 0.000000156. The molecule has 7 heterocycles. The van der Waals surface area contributed by atoms with Crippen LogP contribution in [-0.4, -0.2) is 74.1 Å². The van der Waals surface area contributed by atoms with Crippen molar-refractivity contribution in [2.45, 2.75) is 19.3 Å². The smallest absolute Gasteiger partial charge is 0.250 e. The number of nitrogens with two attached hydrogens (primary N) is 1. The third kappa shape index (κ3) is 8.94. The zero-order valence-electron chi connectivity index (χ0n) is 35.4. The molecule has 4 aliphatic heterocycles. The van der Waals surface area contributed by atoms with E-state index in [1.807, 2.05) is 72.9 Å². The van der Waals surface area contributed by atoms with Crippen molar-refractivity contribution in [1.82, 2.24) is 15.0 Å². The standard InChI is InChI=1S/C29H28N4O3.C22H21N3O3/c34-28-18-24(33-11-13-35-14-12-33)17-26(32-28)25-5-1-4-21-15-22-16-23(6-7-27(22)36-29(21)25)31-10-8-20-3-2-9-30-19-20;23-16-4-5-20-15(11-16)10-14-2-1-3-18(22(14)28-20)19-12-17(13-21(26)24-19)25-6-8-27-9-7-25/h1-7,9,16-19,31H,8,10-15H2,(H,32,34);1-5,11-13H,6-10,23H2,(H,24,26). The number of anilines is 4. The molecule has 4 aliphatic rings. The maximum Gasteiger partial charge on any atom is 0.250 e. The number of nitrogens with zero attached hydrogens (tertiary/aromatic N) is 3. The van der Waals surface area contributed by atoms with E-state index in [-0.39, 0.29) is 11.1 Å². The largest absolute Gasteiger partial charge is 0.456 e. The van der Waals surface area contributed by atoms with E-state index in [4.69, 9.17) is 24.7 Å². The molecule has 0 radical (unpaired) electrons. The first kappa shape index (κ1) is 40.7. The fourth-order valence-corrected chi connectivity index (χ4v) is 8.76. The Bertz CT molecular complexity index is 2920. The van der Waals surface area contributed by atoms with E-state index in [9.17, 15) is 9.59 Å². The first-order chi connectivity index (χ1) is 31.4. The summed E-state index contributed by atoms with van der Waals surface area (Å²) in [6, 6.07) is 35.5. The van der Waals surface area contributed by atoms with Crippen LogP contribution >= 0.6 is 0 Å². The van der Waals surface area contributed by atoms with E-state index in [1.165, 1.54) is 5.56 Å². The highest BCUT2D eigenvalue weighted by Gasteiger charge is 2.24. The molecule has 2 saturated heterocycles. The molecule has 0 atom stereocenters. The van der Waals surface area contributed by atoms with Gasteiger partial charge in [-0.3, -0.25) is 14.6 Å². The zero-order chi connectivity index (χ0) is 43.4. The summed E-state index contributed by atoms with van der Waals surface area (Å²) >= 11 is 0. The van der Waals surface area contributed by atoms with Crippen LogP contribution in [0, 0.1) is 0 Å². The molecule has 0 bridgehead atoms. The molecule has 7 aromatic rings. The van der Waals surface area contributed by atoms with Gasteiger partial charge in [-0.2, -0.15) is 0 Å². The van der Waals surface area contributed by atoms with Gasteiger partial charge in [-0.1, -0.05) is 30.3 Å². The summed E-state index contributed by atoms with van der Waals surface area (Å²) in [4.78, 5) is 39.4. The number of benzene rings is 4. The number of hydrogen-bond donors (Lipinski definition) is 4. The molecule has 0 amide bonds. The van der Waals surface area contributed by atoms with Crippen molar-refractivity contribution < 1.29 is 18.9 Å². The lowest BCUT2D eigenvalue weighted by molar-refractivity contribution is 0.122. The average molecular weight is 856 g/mol. The molecule has 324 valence electrons. The molecule has 0 saturated carbocycles. The first-order valence-corrected chi connectivity index (χ1v) is 21.8. The van der Waals surface area contributed by atoms with Gasteiger partial charge in [-0.25, -0.2) is 0 Å². The molecular weight excluding hydrogens is 807 g/mol. The van der Waals surface area contributed by atoms with Gasteiger partial charge >= 0.3 is 0 Å². The lowest BCUT2D eigenvalue weighted by atomic mass is 9.96. The van der Waals surface area contributed by atoms with Gasteiger partial charge in [0.15, 0.2) is 0 Å². The van der Waals surface area contributed by atoms with E-state index in [0.717, 1.165) is 143 Å². The summed E-state index contributed by atoms with van der Waals surface area (Å²) in [6.07, 6.45) is 6.12. The molecule has 0 aliphatic carbocycles. The highest BCUT2D eigenvalue weighted by Crippen LogP contribution is 2.44. The lowest BCUT2D eigenvalue weighted by Gasteiger charge is -2.29. The van der Waals surface area contributed by atoms with E-state index < -0.39 is 0 Å². The Hall–Kier alpha value is -7.35. The van der Waals surface area contributed by atoms with Crippen LogP contribution in [0.4, 0.5) is 22.7 Å². The van der Waals surface area contributed by atoms with Gasteiger partial charge in [0.05, 0.1) is 37.8 Å². The fourth-order valence-electron chi connectivity index (χ4n) is 8.76. The predicted octanol–water partition coefficient (Wildman–Crippen LogP) is 7.78. The first-order valence-electron chi connectivity index (χ1n) is 21.8. The number of H-pyrrole nitrogens is 2. The van der Waals surface area contributed by atoms with Crippen LogP contribution in [0.5, 0.6) is 23.0 Å². The topological polar surface area (TPSA) is 160 Å². The minimum absolute atomic E-state index is 0.121. The summed E-state index contributed by atoms with van der Waals surface area (Å²) in [7, 11) is 0. The van der Waals surface area contributed by atoms with Crippen LogP contribution in [0.3, 0.4) is 0 Å². The Morgan fingerprint density at radius 3 is 1.73 bits per heavy atom. The van der Waals surface area contributed by atoms with Gasteiger partial charge in [0, 0.05) is 115 Å². The summed E-state index contributed by atoms with van der Waals surface area (Å²) < 4.78 is 23.6. The molecule has 2 fully saturated rings. The number of nitrogens with one attached hydrogen (secondary N) is 3. The van der Waals surface area contributed by atoms with Crippen molar-refractivity contribution in [1.29, 1.82) is 0 Å². The number of hydrogen-bond acceptors (Lipinski definition) is 11. The number of para-hydroxylation sites is 2. The van der Waals surface area contributed by atoms with Crippen molar-refractivity contribution in [2.24, 2.45) is 0 Å². The monoisotopic (exact) mass is 855 g/mol. The molecule has 11 rings (SSSR count). The summed E-state index contributed by atoms with van der Waals surface area (Å²) in [5, 5.41) is 3.51. The predicted molar refractivity (Wildman–Crippen MR) is 251 cm³/mol. The van der Waals surface area contributed by atoms with Gasteiger partial charge in [-0.05, 0) is 89.8 Å². The number of aromatic nitrogens is 3. The van der Waals surface area contributed by atoms with E-state index >= 15 is 0 Å². The highest BCUT2D eigenvalue weighted by atomic mass is 16.5. The molecule has 0 spiro atoms. The lowest BCUT2D eigenvalue weighted by Crippen LogP contribution is -2.36. The number of aromatic amines is 2. The quantitative estimate of drug-likeness (QED) is 0.111. The molecule has 4 aromatic carbocycles. The van der Waals surface area contributed by atoms with E-state index in [1.54, 1.807) is 18.3 Å². The minimum Gasteiger partial charge on any atom is -0.456 e. The van der Waals surface area contributed by atoms with Crippen molar-refractivity contribution in [3.63, 3.8) is 0 Å². The molecule has 5 N–H and O–H groups in total. The third-order valence-electron chi connectivity index (χ3n) is 12.0. The van der Waals surface area contributed by atoms with Crippen LogP contribution < -0.4 is 41.4 Å². The Morgan fingerprint density at radius 1 is 0.609 bits per heavy atom. The van der Waals surface area contributed by atoms with Crippen molar-refractivity contribution in [3.8, 4) is 45.5 Å². The number of morpholine rings is 2.